The number of imide groups is 1. The molecule has 1 saturated heterocycles. The molecule has 5 heteroatoms. The van der Waals surface area contributed by atoms with E-state index in [1.807, 2.05) is 0 Å². The summed E-state index contributed by atoms with van der Waals surface area (Å²) in [4.78, 5) is 23.9. The summed E-state index contributed by atoms with van der Waals surface area (Å²) in [5.74, 6) is -3.49. The number of carbonyl (C=O) groups excluding carboxylic acids is 2. The minimum atomic E-state index is -0.937. The molecule has 3 nitrogen and oxygen atoms in total. The molecule has 2 aliphatic rings. The van der Waals surface area contributed by atoms with Gasteiger partial charge >= 0.3 is 0 Å². The second-order valence-corrected chi connectivity index (χ2v) is 5.94. The highest BCUT2D eigenvalue weighted by Crippen LogP contribution is 2.43. The summed E-state index contributed by atoms with van der Waals surface area (Å²) in [5, 5.41) is 2.35. The van der Waals surface area contributed by atoms with Gasteiger partial charge in [-0.1, -0.05) is 25.0 Å². The summed E-state index contributed by atoms with van der Waals surface area (Å²) in [7, 11) is 0. The minimum absolute atomic E-state index is 0.0350. The number of halogens is 2. The molecule has 0 radical (unpaired) electrons. The molecule has 2 unspecified atom stereocenters. The lowest BCUT2D eigenvalue weighted by Crippen LogP contribution is -2.47. The molecule has 2 amide bonds. The summed E-state index contributed by atoms with van der Waals surface area (Å²) in [6, 6.07) is 3.96. The Balaban J connectivity index is 2.00. The quantitative estimate of drug-likeness (QED) is 0.852. The van der Waals surface area contributed by atoms with Gasteiger partial charge in [-0.3, -0.25) is 14.9 Å². The Labute approximate surface area is 121 Å². The van der Waals surface area contributed by atoms with E-state index >= 15 is 0 Å². The number of piperidine rings is 1. The Morgan fingerprint density at radius 2 is 1.81 bits per heavy atom. The first-order valence-electron chi connectivity index (χ1n) is 7.35. The van der Waals surface area contributed by atoms with Gasteiger partial charge in [0.25, 0.3) is 0 Å². The normalized spacial score (nSPS) is 27.0. The number of amides is 2. The van der Waals surface area contributed by atoms with Crippen LogP contribution < -0.4 is 5.32 Å². The van der Waals surface area contributed by atoms with E-state index in [0.29, 0.717) is 0 Å². The van der Waals surface area contributed by atoms with E-state index in [1.54, 1.807) is 0 Å². The molecule has 1 saturated carbocycles. The lowest BCUT2D eigenvalue weighted by atomic mass is 9.73. The highest BCUT2D eigenvalue weighted by molar-refractivity contribution is 6.00. The zero-order valence-electron chi connectivity index (χ0n) is 11.6. The fraction of sp³-hybridized carbons (Fsp3) is 0.500. The predicted molar refractivity (Wildman–Crippen MR) is 72.3 cm³/mol. The van der Waals surface area contributed by atoms with Crippen molar-refractivity contribution < 1.29 is 18.4 Å². The van der Waals surface area contributed by atoms with Gasteiger partial charge < -0.3 is 0 Å². The van der Waals surface area contributed by atoms with E-state index in [1.165, 1.54) is 12.1 Å². The van der Waals surface area contributed by atoms with Gasteiger partial charge in [-0.25, -0.2) is 8.78 Å². The van der Waals surface area contributed by atoms with Crippen LogP contribution in [0.25, 0.3) is 0 Å². The summed E-state index contributed by atoms with van der Waals surface area (Å²) in [5.41, 5.74) is 0.148. The minimum Gasteiger partial charge on any atom is -0.296 e. The van der Waals surface area contributed by atoms with Crippen LogP contribution in [0.3, 0.4) is 0 Å². The van der Waals surface area contributed by atoms with Gasteiger partial charge in [0.1, 0.15) is 0 Å². The van der Waals surface area contributed by atoms with Crippen LogP contribution in [0.1, 0.15) is 43.6 Å². The van der Waals surface area contributed by atoms with Crippen molar-refractivity contribution in [3.8, 4) is 0 Å². The third-order valence-corrected chi connectivity index (χ3v) is 4.69. The van der Waals surface area contributed by atoms with Crippen molar-refractivity contribution in [2.45, 2.75) is 38.0 Å². The highest BCUT2D eigenvalue weighted by Gasteiger charge is 2.43. The van der Waals surface area contributed by atoms with Crippen LogP contribution in [0.2, 0.25) is 0 Å². The first-order chi connectivity index (χ1) is 10.1. The molecule has 0 bridgehead atoms. The Morgan fingerprint density at radius 1 is 1.10 bits per heavy atom. The van der Waals surface area contributed by atoms with Gasteiger partial charge in [0.15, 0.2) is 11.6 Å². The number of hydrogen-bond acceptors (Lipinski definition) is 2. The number of benzene rings is 1. The lowest BCUT2D eigenvalue weighted by molar-refractivity contribution is -0.138. The van der Waals surface area contributed by atoms with Crippen LogP contribution in [0.15, 0.2) is 18.2 Å². The molecule has 1 aliphatic carbocycles. The molecule has 2 fully saturated rings. The fourth-order valence-corrected chi connectivity index (χ4v) is 3.75. The van der Waals surface area contributed by atoms with Crippen molar-refractivity contribution in [3.05, 3.63) is 35.4 Å². The Bertz CT molecular complexity index is 582. The average Bonchev–Trinajstić information content (AvgIpc) is 2.94. The van der Waals surface area contributed by atoms with Gasteiger partial charge in [-0.2, -0.15) is 0 Å². The van der Waals surface area contributed by atoms with Crippen LogP contribution in [0, 0.1) is 23.5 Å². The van der Waals surface area contributed by atoms with Crippen molar-refractivity contribution in [3.63, 3.8) is 0 Å². The second kappa shape index (κ2) is 5.54. The molecule has 1 aliphatic heterocycles. The standard InChI is InChI=1S/C16H17F2NO2/c17-12-7-3-6-10(15(12)18)11-8-13(20)19-16(21)14(11)9-4-1-2-5-9/h3,6-7,9,11,14H,1-2,4-5,8H2,(H,19,20,21). The Morgan fingerprint density at radius 3 is 2.52 bits per heavy atom. The van der Waals surface area contributed by atoms with Gasteiger partial charge in [-0.05, 0) is 30.4 Å². The Kier molecular flexibility index (Phi) is 3.74. The smallest absolute Gasteiger partial charge is 0.230 e. The first kappa shape index (κ1) is 14.2. The number of rotatable bonds is 2. The van der Waals surface area contributed by atoms with Crippen molar-refractivity contribution in [2.24, 2.45) is 11.8 Å². The topological polar surface area (TPSA) is 46.2 Å². The maximum atomic E-state index is 14.1. The molecule has 112 valence electrons. The zero-order valence-corrected chi connectivity index (χ0v) is 11.6. The largest absolute Gasteiger partial charge is 0.296 e. The first-order valence-corrected chi connectivity index (χ1v) is 7.35. The van der Waals surface area contributed by atoms with Crippen LogP contribution in [0.5, 0.6) is 0 Å². The van der Waals surface area contributed by atoms with Crippen molar-refractivity contribution in [1.29, 1.82) is 0 Å². The molecule has 1 N–H and O–H groups in total. The van der Waals surface area contributed by atoms with Crippen molar-refractivity contribution in [2.75, 3.05) is 0 Å². The van der Waals surface area contributed by atoms with E-state index in [0.717, 1.165) is 31.7 Å². The summed E-state index contributed by atoms with van der Waals surface area (Å²) in [6.45, 7) is 0. The number of nitrogens with one attached hydrogen (secondary N) is 1. The van der Waals surface area contributed by atoms with Gasteiger partial charge in [-0.15, -0.1) is 0 Å². The average molecular weight is 293 g/mol. The van der Waals surface area contributed by atoms with Gasteiger partial charge in [0.2, 0.25) is 11.8 Å². The van der Waals surface area contributed by atoms with Crippen molar-refractivity contribution in [1.82, 2.24) is 5.32 Å². The molecule has 1 heterocycles. The molecular formula is C16H17F2NO2. The highest BCUT2D eigenvalue weighted by atomic mass is 19.2. The maximum absolute atomic E-state index is 14.1. The van der Waals surface area contributed by atoms with Crippen LogP contribution in [0.4, 0.5) is 8.78 Å². The zero-order chi connectivity index (χ0) is 15.0. The molecule has 3 rings (SSSR count). The van der Waals surface area contributed by atoms with Crippen LogP contribution >= 0.6 is 0 Å². The summed E-state index contributed by atoms with van der Waals surface area (Å²) < 4.78 is 27.6. The van der Waals surface area contributed by atoms with E-state index < -0.39 is 29.4 Å². The molecule has 21 heavy (non-hydrogen) atoms. The number of hydrogen-bond donors (Lipinski definition) is 1. The van der Waals surface area contributed by atoms with Crippen LogP contribution in [-0.4, -0.2) is 11.8 Å². The number of carbonyl (C=O) groups is 2. The van der Waals surface area contributed by atoms with E-state index in [2.05, 4.69) is 5.32 Å². The third kappa shape index (κ3) is 2.57. The second-order valence-electron chi connectivity index (χ2n) is 5.94. The lowest BCUT2D eigenvalue weighted by Gasteiger charge is -2.34. The molecule has 0 aromatic heterocycles. The molecule has 1 aromatic carbocycles. The van der Waals surface area contributed by atoms with E-state index in [9.17, 15) is 18.4 Å². The molecule has 1 aromatic rings. The Hall–Kier alpha value is -1.78. The molecule has 2 atom stereocenters. The van der Waals surface area contributed by atoms with Crippen LogP contribution in [-0.2, 0) is 9.59 Å². The van der Waals surface area contributed by atoms with Gasteiger partial charge in [0, 0.05) is 18.3 Å². The monoisotopic (exact) mass is 293 g/mol. The van der Waals surface area contributed by atoms with Crippen molar-refractivity contribution >= 4 is 11.8 Å². The van der Waals surface area contributed by atoms with E-state index in [-0.39, 0.29) is 23.8 Å². The summed E-state index contributed by atoms with van der Waals surface area (Å²) >= 11 is 0. The van der Waals surface area contributed by atoms with Gasteiger partial charge in [0.05, 0.1) is 0 Å². The molecule has 0 spiro atoms. The molecular weight excluding hydrogens is 276 g/mol. The SMILES string of the molecule is O=C1CC(c2cccc(F)c2F)C(C2CCCC2)C(=O)N1. The third-order valence-electron chi connectivity index (χ3n) is 4.69. The fourth-order valence-electron chi connectivity index (χ4n) is 3.75. The summed E-state index contributed by atoms with van der Waals surface area (Å²) in [6.07, 6.45) is 3.92. The predicted octanol–water partition coefficient (Wildman–Crippen LogP) is 2.90. The van der Waals surface area contributed by atoms with E-state index in [4.69, 9.17) is 0 Å². The maximum Gasteiger partial charge on any atom is 0.230 e.